The van der Waals surface area contributed by atoms with Gasteiger partial charge in [-0.2, -0.15) is 0 Å². The molecular weight excluding hydrogens is 454 g/mol. The fourth-order valence-corrected chi connectivity index (χ4v) is 5.21. The number of H-pyrrole nitrogens is 1. The molecule has 1 unspecified atom stereocenters. The zero-order chi connectivity index (χ0) is 24.8. The quantitative estimate of drug-likeness (QED) is 0.485. The number of likely N-dealkylation sites (tertiary alicyclic amines) is 1. The summed E-state index contributed by atoms with van der Waals surface area (Å²) in [6, 6.07) is 19.7. The number of aryl methyl sites for hydroxylation is 1. The summed E-state index contributed by atoms with van der Waals surface area (Å²) in [6.07, 6.45) is 0.671. The van der Waals surface area contributed by atoms with Crippen molar-refractivity contribution in [2.75, 3.05) is 13.1 Å². The van der Waals surface area contributed by atoms with Gasteiger partial charge in [0.1, 0.15) is 0 Å². The largest absolute Gasteiger partial charge is 0.338 e. The van der Waals surface area contributed by atoms with Crippen LogP contribution in [0.2, 0.25) is 0 Å². The summed E-state index contributed by atoms with van der Waals surface area (Å²) in [6.45, 7) is 3.70. The van der Waals surface area contributed by atoms with E-state index in [0.29, 0.717) is 43.0 Å². The van der Waals surface area contributed by atoms with Gasteiger partial charge in [0.25, 0.3) is 5.56 Å². The second kappa shape index (κ2) is 8.78. The highest BCUT2D eigenvalue weighted by atomic mass is 16.2. The van der Waals surface area contributed by atoms with Crippen LogP contribution in [0.15, 0.2) is 65.5 Å². The Labute approximate surface area is 208 Å². The van der Waals surface area contributed by atoms with Gasteiger partial charge in [0.2, 0.25) is 11.8 Å². The molecule has 0 radical (unpaired) electrons. The van der Waals surface area contributed by atoms with E-state index in [0.717, 1.165) is 16.8 Å². The third-order valence-electron chi connectivity index (χ3n) is 7.22. The van der Waals surface area contributed by atoms with Crippen molar-refractivity contribution in [3.63, 3.8) is 0 Å². The highest BCUT2D eigenvalue weighted by Crippen LogP contribution is 2.26. The summed E-state index contributed by atoms with van der Waals surface area (Å²) in [7, 11) is 0. The predicted molar refractivity (Wildman–Crippen MR) is 135 cm³/mol. The minimum absolute atomic E-state index is 0.00479. The lowest BCUT2D eigenvalue weighted by Crippen LogP contribution is -2.43. The lowest BCUT2D eigenvalue weighted by atomic mass is 10.0. The smallest absolute Gasteiger partial charge is 0.276 e. The van der Waals surface area contributed by atoms with Crippen molar-refractivity contribution in [3.8, 4) is 11.3 Å². The molecule has 0 bridgehead atoms. The normalized spacial score (nSPS) is 17.6. The number of hydrogen-bond donors (Lipinski definition) is 1. The Kier molecular flexibility index (Phi) is 5.44. The fourth-order valence-electron chi connectivity index (χ4n) is 5.21. The number of aromatic amines is 1. The first-order valence-electron chi connectivity index (χ1n) is 12.3. The van der Waals surface area contributed by atoms with E-state index in [4.69, 9.17) is 4.98 Å². The van der Waals surface area contributed by atoms with E-state index in [1.54, 1.807) is 9.80 Å². The van der Waals surface area contributed by atoms with Crippen LogP contribution in [0.3, 0.4) is 0 Å². The molecular formula is C28H27N5O3. The van der Waals surface area contributed by atoms with E-state index in [9.17, 15) is 14.4 Å². The number of nitrogens with one attached hydrogen (secondary N) is 1. The van der Waals surface area contributed by atoms with Crippen LogP contribution < -0.4 is 5.56 Å². The van der Waals surface area contributed by atoms with E-state index >= 15 is 0 Å². The zero-order valence-corrected chi connectivity index (χ0v) is 20.1. The van der Waals surface area contributed by atoms with Crippen molar-refractivity contribution in [2.24, 2.45) is 5.92 Å². The predicted octanol–water partition coefficient (Wildman–Crippen LogP) is 2.93. The molecule has 8 heteroatoms. The standard InChI is InChI=1S/C28H27N5O3/c1-18-7-9-19(10-8-18)15-32-16-21(13-26(32)34)27(35)31-12-11-22-24(17-31)29-25-14-23(30-33(25)28(22)36)20-5-3-2-4-6-20/h2-10,14,21,30H,11-13,15-17H2,1H3. The Hall–Kier alpha value is -4.20. The van der Waals surface area contributed by atoms with Gasteiger partial charge in [0.05, 0.1) is 23.9 Å². The van der Waals surface area contributed by atoms with Crippen LogP contribution in [0.25, 0.3) is 16.9 Å². The third kappa shape index (κ3) is 3.98. The van der Waals surface area contributed by atoms with Gasteiger partial charge in [-0.05, 0) is 24.5 Å². The first-order chi connectivity index (χ1) is 17.5. The fraction of sp³-hybridized carbons (Fsp3) is 0.286. The summed E-state index contributed by atoms with van der Waals surface area (Å²) < 4.78 is 1.48. The number of hydrogen-bond acceptors (Lipinski definition) is 4. The van der Waals surface area contributed by atoms with Crippen LogP contribution >= 0.6 is 0 Å². The number of rotatable bonds is 4. The minimum Gasteiger partial charge on any atom is -0.338 e. The maximum atomic E-state index is 13.4. The monoisotopic (exact) mass is 481 g/mol. The highest BCUT2D eigenvalue weighted by Gasteiger charge is 2.37. The summed E-state index contributed by atoms with van der Waals surface area (Å²) in [4.78, 5) is 47.4. The van der Waals surface area contributed by atoms with Crippen molar-refractivity contribution in [2.45, 2.75) is 32.9 Å². The van der Waals surface area contributed by atoms with E-state index < -0.39 is 0 Å². The molecule has 2 aliphatic rings. The van der Waals surface area contributed by atoms with E-state index in [2.05, 4.69) is 5.10 Å². The Balaban J connectivity index is 1.19. The topological polar surface area (TPSA) is 90.8 Å². The molecule has 4 heterocycles. The Bertz CT molecular complexity index is 1520. The van der Waals surface area contributed by atoms with E-state index in [-0.39, 0.29) is 36.3 Å². The Morgan fingerprint density at radius 2 is 1.86 bits per heavy atom. The first-order valence-corrected chi connectivity index (χ1v) is 12.3. The molecule has 36 heavy (non-hydrogen) atoms. The van der Waals surface area contributed by atoms with Crippen molar-refractivity contribution < 1.29 is 9.59 Å². The molecule has 0 saturated carbocycles. The lowest BCUT2D eigenvalue weighted by Gasteiger charge is -2.29. The molecule has 2 aromatic carbocycles. The second-order valence-electron chi connectivity index (χ2n) is 9.74. The zero-order valence-electron chi connectivity index (χ0n) is 20.1. The molecule has 2 aliphatic heterocycles. The number of carbonyl (C=O) groups is 2. The van der Waals surface area contributed by atoms with E-state index in [1.807, 2.05) is 67.6 Å². The maximum absolute atomic E-state index is 13.4. The Morgan fingerprint density at radius 1 is 1.08 bits per heavy atom. The van der Waals surface area contributed by atoms with Crippen molar-refractivity contribution in [3.05, 3.63) is 93.4 Å². The summed E-state index contributed by atoms with van der Waals surface area (Å²) in [5.74, 6) is -0.405. The van der Waals surface area contributed by atoms with Crippen LogP contribution in [-0.4, -0.2) is 49.3 Å². The van der Waals surface area contributed by atoms with Crippen LogP contribution in [0, 0.1) is 12.8 Å². The molecule has 8 nitrogen and oxygen atoms in total. The molecule has 0 aliphatic carbocycles. The second-order valence-corrected chi connectivity index (χ2v) is 9.74. The number of fused-ring (bicyclic) bond motifs is 2. The Morgan fingerprint density at radius 3 is 2.64 bits per heavy atom. The molecule has 1 atom stereocenters. The van der Waals surface area contributed by atoms with Gasteiger partial charge in [-0.3, -0.25) is 19.5 Å². The molecule has 2 amide bonds. The average molecular weight is 482 g/mol. The minimum atomic E-state index is -0.369. The average Bonchev–Trinajstić information content (AvgIpc) is 3.49. The molecule has 1 fully saturated rings. The highest BCUT2D eigenvalue weighted by molar-refractivity contribution is 5.89. The van der Waals surface area contributed by atoms with Crippen LogP contribution in [0.5, 0.6) is 0 Å². The molecule has 6 rings (SSSR count). The van der Waals surface area contributed by atoms with Gasteiger partial charge in [-0.25, -0.2) is 9.50 Å². The summed E-state index contributed by atoms with van der Waals surface area (Å²) in [5.41, 5.74) is 5.71. The van der Waals surface area contributed by atoms with Gasteiger partial charge in [-0.1, -0.05) is 60.2 Å². The molecule has 1 saturated heterocycles. The maximum Gasteiger partial charge on any atom is 0.276 e. The molecule has 182 valence electrons. The van der Waals surface area contributed by atoms with Gasteiger partial charge in [0.15, 0.2) is 5.65 Å². The van der Waals surface area contributed by atoms with E-state index in [1.165, 1.54) is 10.1 Å². The molecule has 2 aromatic heterocycles. The van der Waals surface area contributed by atoms with Crippen molar-refractivity contribution in [1.82, 2.24) is 24.4 Å². The van der Waals surface area contributed by atoms with Crippen molar-refractivity contribution in [1.29, 1.82) is 0 Å². The summed E-state index contributed by atoms with van der Waals surface area (Å²) >= 11 is 0. The number of carbonyl (C=O) groups excluding carboxylic acids is 2. The first kappa shape index (κ1) is 22.3. The molecule has 1 N–H and O–H groups in total. The van der Waals surface area contributed by atoms with Gasteiger partial charge in [0, 0.05) is 37.7 Å². The van der Waals surface area contributed by atoms with Gasteiger partial charge in [-0.15, -0.1) is 0 Å². The SMILES string of the molecule is Cc1ccc(CN2CC(C(=O)N3CCc4c(nc5cc(-c6ccccc6)[nH]n5c4=O)C3)CC2=O)cc1. The van der Waals surface area contributed by atoms with Crippen LogP contribution in [-0.2, 0) is 29.1 Å². The number of nitrogens with zero attached hydrogens (tertiary/aromatic N) is 4. The van der Waals surface area contributed by atoms with Gasteiger partial charge >= 0.3 is 0 Å². The van der Waals surface area contributed by atoms with Gasteiger partial charge < -0.3 is 9.80 Å². The molecule has 0 spiro atoms. The van der Waals surface area contributed by atoms with Crippen molar-refractivity contribution >= 4 is 17.5 Å². The number of amides is 2. The lowest BCUT2D eigenvalue weighted by molar-refractivity contribution is -0.136. The van der Waals surface area contributed by atoms with Crippen LogP contribution in [0.4, 0.5) is 0 Å². The number of benzene rings is 2. The molecule has 4 aromatic rings. The third-order valence-corrected chi connectivity index (χ3v) is 7.22. The number of aromatic nitrogens is 3. The van der Waals surface area contributed by atoms with Crippen LogP contribution in [0.1, 0.15) is 28.8 Å². The summed E-state index contributed by atoms with van der Waals surface area (Å²) in [5, 5.41) is 3.16.